The second kappa shape index (κ2) is 14.5. The zero-order valence-corrected chi connectivity index (χ0v) is 31.0. The Bertz CT molecular complexity index is 3070. The number of fused-ring (bicyclic) bond motifs is 2. The van der Waals surface area contributed by atoms with Crippen molar-refractivity contribution in [3.05, 3.63) is 109 Å². The van der Waals surface area contributed by atoms with E-state index in [1.54, 1.807) is 24.3 Å². The predicted octanol–water partition coefficient (Wildman–Crippen LogP) is 5.79. The SMILES string of the molecule is O=C(Nc1ccc(NNc2ccc3cc(S(=O)(=O)O)cc(S(=O)(=O)O)c3c2)cc1)c1ccc(/N=N/c2c(O)ccc3cc(S(=O)(=O)O)cc(S(=O)(=O)O)c23)cc1. The first kappa shape index (κ1) is 39.6. The van der Waals surface area contributed by atoms with E-state index in [4.69, 9.17) is 0 Å². The Balaban J connectivity index is 1.14. The summed E-state index contributed by atoms with van der Waals surface area (Å²) in [5.74, 6) is -1.09. The molecule has 0 spiro atoms. The molecule has 6 aromatic carbocycles. The van der Waals surface area contributed by atoms with Gasteiger partial charge in [-0.25, -0.2) is 0 Å². The molecule has 0 aliphatic carbocycles. The van der Waals surface area contributed by atoms with E-state index in [-0.39, 0.29) is 32.8 Å². The van der Waals surface area contributed by atoms with Crippen molar-refractivity contribution in [1.82, 2.24) is 0 Å². The van der Waals surface area contributed by atoms with Crippen LogP contribution in [0.2, 0.25) is 0 Å². The van der Waals surface area contributed by atoms with Gasteiger partial charge >= 0.3 is 0 Å². The topological polar surface area (TPSA) is 316 Å². The number of nitrogens with zero attached hydrogens (tertiary/aromatic N) is 2. The van der Waals surface area contributed by atoms with Gasteiger partial charge in [-0.2, -0.15) is 38.8 Å². The second-order valence-electron chi connectivity index (χ2n) is 11.7. The monoisotopic (exact) mass is 843 g/mol. The first-order valence-electron chi connectivity index (χ1n) is 15.3. The number of amides is 1. The molecule has 0 fully saturated rings. The maximum atomic E-state index is 12.9. The number of carbonyl (C=O) groups is 1. The molecule has 0 heterocycles. The minimum absolute atomic E-state index is 0.0293. The van der Waals surface area contributed by atoms with Gasteiger partial charge in [-0.3, -0.25) is 23.0 Å². The van der Waals surface area contributed by atoms with Gasteiger partial charge < -0.3 is 21.3 Å². The van der Waals surface area contributed by atoms with Gasteiger partial charge in [0, 0.05) is 22.0 Å². The second-order valence-corrected chi connectivity index (χ2v) is 17.4. The highest BCUT2D eigenvalue weighted by molar-refractivity contribution is 7.87. The number of aromatic hydroxyl groups is 1. The first-order valence-corrected chi connectivity index (χ1v) is 21.1. The smallest absolute Gasteiger partial charge is 0.295 e. The third-order valence-corrected chi connectivity index (χ3v) is 11.4. The molecule has 23 heteroatoms. The van der Waals surface area contributed by atoms with Crippen molar-refractivity contribution in [2.45, 2.75) is 19.6 Å². The number of azo groups is 1. The number of phenolic OH excluding ortho intramolecular Hbond substituents is 1. The highest BCUT2D eigenvalue weighted by atomic mass is 32.2. The van der Waals surface area contributed by atoms with Crippen LogP contribution >= 0.6 is 0 Å². The van der Waals surface area contributed by atoms with Gasteiger partial charge in [0.1, 0.15) is 21.2 Å². The minimum Gasteiger partial charge on any atom is -0.506 e. The Hall–Kier alpha value is -6.05. The summed E-state index contributed by atoms with van der Waals surface area (Å²) < 4.78 is 133. The van der Waals surface area contributed by atoms with E-state index in [1.165, 1.54) is 42.5 Å². The summed E-state index contributed by atoms with van der Waals surface area (Å²) in [7, 11) is -19.6. The van der Waals surface area contributed by atoms with Crippen LogP contribution < -0.4 is 16.2 Å². The number of phenols is 1. The van der Waals surface area contributed by atoms with Gasteiger partial charge in [0.25, 0.3) is 46.4 Å². The fraction of sp³-hybridized carbons (Fsp3) is 0. The average Bonchev–Trinajstić information content (AvgIpc) is 3.11. The molecule has 6 rings (SSSR count). The van der Waals surface area contributed by atoms with Crippen LogP contribution in [-0.4, -0.2) is 62.9 Å². The van der Waals surface area contributed by atoms with E-state index in [9.17, 15) is 61.8 Å². The van der Waals surface area contributed by atoms with Crippen molar-refractivity contribution in [3.8, 4) is 5.75 Å². The number of rotatable bonds is 11. The Morgan fingerprint density at radius 1 is 0.518 bits per heavy atom. The lowest BCUT2D eigenvalue weighted by molar-refractivity contribution is 0.102. The number of hydrogen-bond acceptors (Lipinski definition) is 14. The maximum Gasteiger partial charge on any atom is 0.295 e. The summed E-state index contributed by atoms with van der Waals surface area (Å²) in [4.78, 5) is 9.70. The van der Waals surface area contributed by atoms with Crippen LogP contribution in [0.3, 0.4) is 0 Å². The minimum atomic E-state index is -5.09. The highest BCUT2D eigenvalue weighted by Crippen LogP contribution is 2.41. The van der Waals surface area contributed by atoms with E-state index < -0.39 is 77.4 Å². The Labute approximate surface area is 317 Å². The van der Waals surface area contributed by atoms with Gasteiger partial charge in [0.05, 0.1) is 26.9 Å². The van der Waals surface area contributed by atoms with Gasteiger partial charge in [0.15, 0.2) is 0 Å². The molecular formula is C33H25N5O14S4. The largest absolute Gasteiger partial charge is 0.506 e. The summed E-state index contributed by atoms with van der Waals surface area (Å²) >= 11 is 0. The van der Waals surface area contributed by atoms with Crippen molar-refractivity contribution in [2.75, 3.05) is 16.2 Å². The van der Waals surface area contributed by atoms with Crippen LogP contribution in [0.15, 0.2) is 133 Å². The van der Waals surface area contributed by atoms with E-state index in [0.29, 0.717) is 29.2 Å². The van der Waals surface area contributed by atoms with Crippen LogP contribution in [-0.2, 0) is 40.5 Å². The fourth-order valence-electron chi connectivity index (χ4n) is 5.33. The quantitative estimate of drug-likeness (QED) is 0.0434. The molecule has 1 amide bonds. The number of hydrazine groups is 1. The number of carbonyl (C=O) groups excluding carboxylic acids is 1. The molecule has 0 radical (unpaired) electrons. The number of benzene rings is 6. The van der Waals surface area contributed by atoms with Gasteiger partial charge in [0.2, 0.25) is 0 Å². The molecule has 290 valence electrons. The Kier molecular flexibility index (Phi) is 10.3. The summed E-state index contributed by atoms with van der Waals surface area (Å²) in [6.07, 6.45) is 0. The van der Waals surface area contributed by atoms with Crippen LogP contribution in [0, 0.1) is 0 Å². The standard InChI is InChI=1S/C33H25N5O14S4/c39-28-12-4-20-14-26(54(44,45)46)17-30(56(50,51)52)31(20)32(28)38-36-22-5-1-18(2-6-22)33(40)34-21-8-10-23(11-9-21)35-37-24-7-3-19-13-25(53(41,42)43)16-29(27(19)15-24)55(47,48)49/h1-17,35,37,39H,(H,34,40)(H,41,42,43)(H,44,45,46)(H,47,48,49)(H,50,51,52)/b38-36+. The van der Waals surface area contributed by atoms with E-state index in [1.807, 2.05) is 0 Å². The van der Waals surface area contributed by atoms with Crippen molar-refractivity contribution >= 4 is 96.4 Å². The molecule has 0 atom stereocenters. The number of nitrogens with one attached hydrogen (secondary N) is 3. The molecule has 56 heavy (non-hydrogen) atoms. The summed E-state index contributed by atoms with van der Waals surface area (Å²) in [5.41, 5.74) is 6.81. The molecule has 0 aliphatic rings. The first-order chi connectivity index (χ1) is 26.1. The van der Waals surface area contributed by atoms with E-state index in [0.717, 1.165) is 24.3 Å². The van der Waals surface area contributed by atoms with Crippen molar-refractivity contribution < 1.29 is 61.8 Å². The molecule has 0 saturated heterocycles. The van der Waals surface area contributed by atoms with Gasteiger partial charge in [-0.1, -0.05) is 12.1 Å². The molecule has 0 saturated carbocycles. The molecule has 8 N–H and O–H groups in total. The third-order valence-electron chi connectivity index (χ3n) is 7.94. The zero-order valence-electron chi connectivity index (χ0n) is 27.8. The zero-order chi connectivity index (χ0) is 40.8. The predicted molar refractivity (Wildman–Crippen MR) is 201 cm³/mol. The maximum absolute atomic E-state index is 12.9. The number of anilines is 3. The summed E-state index contributed by atoms with van der Waals surface area (Å²) in [6, 6.07) is 21.4. The van der Waals surface area contributed by atoms with E-state index >= 15 is 0 Å². The highest BCUT2D eigenvalue weighted by Gasteiger charge is 2.24. The normalized spacial score (nSPS) is 12.6. The molecule has 0 bridgehead atoms. The molecule has 0 aliphatic heterocycles. The van der Waals surface area contributed by atoms with E-state index in [2.05, 4.69) is 26.4 Å². The van der Waals surface area contributed by atoms with Crippen LogP contribution in [0.25, 0.3) is 21.5 Å². The summed E-state index contributed by atoms with van der Waals surface area (Å²) in [6.45, 7) is 0. The molecular weight excluding hydrogens is 819 g/mol. The van der Waals surface area contributed by atoms with Crippen LogP contribution in [0.5, 0.6) is 5.75 Å². The third kappa shape index (κ3) is 8.74. The molecule has 6 aromatic rings. The lowest BCUT2D eigenvalue weighted by Gasteiger charge is -2.13. The molecule has 0 unspecified atom stereocenters. The van der Waals surface area contributed by atoms with Crippen LogP contribution in [0.1, 0.15) is 10.4 Å². The van der Waals surface area contributed by atoms with Gasteiger partial charge in [-0.05, 0) is 102 Å². The molecule has 0 aromatic heterocycles. The lowest BCUT2D eigenvalue weighted by atomic mass is 10.1. The lowest BCUT2D eigenvalue weighted by Crippen LogP contribution is -2.12. The van der Waals surface area contributed by atoms with Gasteiger partial charge in [-0.15, -0.1) is 5.11 Å². The summed E-state index contributed by atoms with van der Waals surface area (Å²) in [5, 5.41) is 20.6. The van der Waals surface area contributed by atoms with Crippen molar-refractivity contribution in [3.63, 3.8) is 0 Å². The molecule has 19 nitrogen and oxygen atoms in total. The van der Waals surface area contributed by atoms with Crippen LogP contribution in [0.4, 0.5) is 28.4 Å². The van der Waals surface area contributed by atoms with Crippen molar-refractivity contribution in [2.24, 2.45) is 10.2 Å². The average molecular weight is 844 g/mol. The van der Waals surface area contributed by atoms with Crippen molar-refractivity contribution in [1.29, 1.82) is 0 Å². The number of hydrogen-bond donors (Lipinski definition) is 8. The Morgan fingerprint density at radius 3 is 1.62 bits per heavy atom. The fourth-order valence-corrected chi connectivity index (χ4v) is 8.05. The Morgan fingerprint density at radius 2 is 1.04 bits per heavy atom.